The van der Waals surface area contributed by atoms with Crippen molar-refractivity contribution in [2.45, 2.75) is 32.4 Å². The largest absolute Gasteiger partial charge is 0.375 e. The molecule has 8 nitrogen and oxygen atoms in total. The number of anilines is 1. The minimum absolute atomic E-state index is 0.0344. The minimum Gasteiger partial charge on any atom is -0.375 e. The highest BCUT2D eigenvalue weighted by atomic mass is 16.6. The number of ether oxygens (including phenoxy) is 2. The monoisotopic (exact) mass is 369 g/mol. The van der Waals surface area contributed by atoms with E-state index in [1.807, 2.05) is 20.9 Å². The van der Waals surface area contributed by atoms with Gasteiger partial charge in [0, 0.05) is 19.7 Å². The van der Waals surface area contributed by atoms with Crippen molar-refractivity contribution in [2.75, 3.05) is 31.3 Å². The van der Waals surface area contributed by atoms with E-state index in [0.29, 0.717) is 37.7 Å². The zero-order valence-corrected chi connectivity index (χ0v) is 16.0. The molecule has 27 heavy (non-hydrogen) atoms. The Morgan fingerprint density at radius 2 is 2.11 bits per heavy atom. The fraction of sp³-hybridized carbons (Fsp3) is 0.526. The van der Waals surface area contributed by atoms with Crippen LogP contribution in [-0.2, 0) is 16.5 Å². The van der Waals surface area contributed by atoms with Gasteiger partial charge in [-0.25, -0.2) is 5.10 Å². The van der Waals surface area contributed by atoms with E-state index in [1.54, 1.807) is 10.7 Å². The van der Waals surface area contributed by atoms with Crippen molar-refractivity contribution < 1.29 is 9.47 Å². The second kappa shape index (κ2) is 6.51. The maximum atomic E-state index is 12.4. The SMILES string of the molecule is Cc1nn(C)c(C)c1C#Cc1cc(N2CCOC3(COC3)C2C)c(=O)[nH]n1. The van der Waals surface area contributed by atoms with E-state index in [9.17, 15) is 4.79 Å². The Balaban J connectivity index is 1.67. The number of nitrogens with one attached hydrogen (secondary N) is 1. The van der Waals surface area contributed by atoms with Gasteiger partial charge in [-0.3, -0.25) is 9.48 Å². The molecule has 0 aromatic carbocycles. The third-order valence-corrected chi connectivity index (χ3v) is 5.56. The second-order valence-electron chi connectivity index (χ2n) is 7.16. The van der Waals surface area contributed by atoms with Crippen LogP contribution in [0, 0.1) is 25.7 Å². The number of aromatic amines is 1. The predicted molar refractivity (Wildman–Crippen MR) is 99.8 cm³/mol. The minimum atomic E-state index is -0.330. The Labute approximate surface area is 157 Å². The number of aryl methyl sites for hydroxylation is 2. The zero-order chi connectivity index (χ0) is 19.2. The first-order chi connectivity index (χ1) is 12.9. The lowest BCUT2D eigenvalue weighted by Gasteiger charge is -2.53. The molecule has 142 valence electrons. The van der Waals surface area contributed by atoms with Crippen LogP contribution in [0.1, 0.15) is 29.6 Å². The van der Waals surface area contributed by atoms with E-state index >= 15 is 0 Å². The Kier molecular flexibility index (Phi) is 4.29. The standard InChI is InChI=1S/C19H23N5O3/c1-12-16(13(2)23(4)22-12)6-5-15-9-17(18(25)21-20-15)24-7-8-27-19(14(24)3)10-26-11-19/h9,14H,7-8,10-11H2,1-4H3,(H,21,25). The molecule has 2 fully saturated rings. The van der Waals surface area contributed by atoms with Crippen LogP contribution >= 0.6 is 0 Å². The molecular formula is C19H23N5O3. The van der Waals surface area contributed by atoms with Gasteiger partial charge in [-0.05, 0) is 26.7 Å². The highest BCUT2D eigenvalue weighted by Crippen LogP contribution is 2.33. The summed E-state index contributed by atoms with van der Waals surface area (Å²) in [6.07, 6.45) is 0. The van der Waals surface area contributed by atoms with Gasteiger partial charge in [0.1, 0.15) is 17.0 Å². The van der Waals surface area contributed by atoms with Crippen molar-refractivity contribution in [3.05, 3.63) is 39.1 Å². The van der Waals surface area contributed by atoms with Crippen LogP contribution in [0.2, 0.25) is 0 Å². The molecule has 2 aromatic heterocycles. The third-order valence-electron chi connectivity index (χ3n) is 5.56. The molecule has 0 bridgehead atoms. The number of morpholine rings is 1. The Morgan fingerprint density at radius 1 is 1.33 bits per heavy atom. The van der Waals surface area contributed by atoms with Crippen LogP contribution in [0.4, 0.5) is 5.69 Å². The molecular weight excluding hydrogens is 346 g/mol. The smallest absolute Gasteiger partial charge is 0.287 e. The lowest BCUT2D eigenvalue weighted by atomic mass is 9.90. The zero-order valence-electron chi connectivity index (χ0n) is 16.0. The highest BCUT2D eigenvalue weighted by molar-refractivity contribution is 5.52. The number of H-pyrrole nitrogens is 1. The third kappa shape index (κ3) is 2.93. The summed E-state index contributed by atoms with van der Waals surface area (Å²) in [6.45, 7) is 8.28. The quantitative estimate of drug-likeness (QED) is 0.738. The number of hydrogen-bond acceptors (Lipinski definition) is 6. The van der Waals surface area contributed by atoms with Crippen LogP contribution < -0.4 is 10.5 Å². The van der Waals surface area contributed by atoms with Gasteiger partial charge in [0.25, 0.3) is 5.56 Å². The van der Waals surface area contributed by atoms with Crippen molar-refractivity contribution in [3.8, 4) is 11.8 Å². The van der Waals surface area contributed by atoms with Crippen LogP contribution in [0.25, 0.3) is 0 Å². The van der Waals surface area contributed by atoms with Crippen molar-refractivity contribution in [1.29, 1.82) is 0 Å². The molecule has 0 saturated carbocycles. The summed E-state index contributed by atoms with van der Waals surface area (Å²) >= 11 is 0. The van der Waals surface area contributed by atoms with Crippen molar-refractivity contribution >= 4 is 5.69 Å². The van der Waals surface area contributed by atoms with Gasteiger partial charge in [0.2, 0.25) is 0 Å². The van der Waals surface area contributed by atoms with Crippen molar-refractivity contribution in [3.63, 3.8) is 0 Å². The summed E-state index contributed by atoms with van der Waals surface area (Å²) in [5.74, 6) is 6.20. The fourth-order valence-electron chi connectivity index (χ4n) is 3.66. The summed E-state index contributed by atoms with van der Waals surface area (Å²) in [7, 11) is 1.89. The lowest BCUT2D eigenvalue weighted by Crippen LogP contribution is -2.68. The molecule has 1 unspecified atom stereocenters. The van der Waals surface area contributed by atoms with E-state index in [0.717, 1.165) is 17.0 Å². The molecule has 1 N–H and O–H groups in total. The van der Waals surface area contributed by atoms with Gasteiger partial charge in [-0.1, -0.05) is 5.92 Å². The maximum absolute atomic E-state index is 12.4. The first kappa shape index (κ1) is 17.8. The Morgan fingerprint density at radius 3 is 2.74 bits per heavy atom. The summed E-state index contributed by atoms with van der Waals surface area (Å²) in [5.41, 5.74) is 3.29. The van der Waals surface area contributed by atoms with E-state index < -0.39 is 0 Å². The number of aromatic nitrogens is 4. The van der Waals surface area contributed by atoms with Crippen LogP contribution in [0.5, 0.6) is 0 Å². The summed E-state index contributed by atoms with van der Waals surface area (Å²) < 4.78 is 13.1. The average Bonchev–Trinajstić information content (AvgIpc) is 2.85. The van der Waals surface area contributed by atoms with Gasteiger partial charge < -0.3 is 14.4 Å². The molecule has 0 radical (unpaired) electrons. The molecule has 1 atom stereocenters. The van der Waals surface area contributed by atoms with Gasteiger partial charge in [-0.15, -0.1) is 0 Å². The first-order valence-corrected chi connectivity index (χ1v) is 9.01. The Bertz CT molecular complexity index is 993. The molecule has 4 rings (SSSR count). The molecule has 2 aliphatic heterocycles. The average molecular weight is 369 g/mol. The molecule has 4 heterocycles. The molecule has 0 amide bonds. The number of hydrogen-bond donors (Lipinski definition) is 1. The molecule has 0 aliphatic carbocycles. The summed E-state index contributed by atoms with van der Waals surface area (Å²) in [4.78, 5) is 14.5. The van der Waals surface area contributed by atoms with Gasteiger partial charge >= 0.3 is 0 Å². The highest BCUT2D eigenvalue weighted by Gasteiger charge is 2.50. The van der Waals surface area contributed by atoms with Crippen LogP contribution in [0.15, 0.2) is 10.9 Å². The van der Waals surface area contributed by atoms with Crippen molar-refractivity contribution in [1.82, 2.24) is 20.0 Å². The number of nitrogens with zero attached hydrogens (tertiary/aromatic N) is 4. The summed E-state index contributed by atoms with van der Waals surface area (Å²) in [6, 6.07) is 1.79. The molecule has 8 heteroatoms. The van der Waals surface area contributed by atoms with Gasteiger partial charge in [0.15, 0.2) is 0 Å². The first-order valence-electron chi connectivity index (χ1n) is 9.01. The van der Waals surface area contributed by atoms with Crippen molar-refractivity contribution in [2.24, 2.45) is 7.05 Å². The van der Waals surface area contributed by atoms with E-state index in [4.69, 9.17) is 9.47 Å². The van der Waals surface area contributed by atoms with E-state index in [-0.39, 0.29) is 17.2 Å². The van der Waals surface area contributed by atoms with Crippen LogP contribution in [-0.4, -0.2) is 58.0 Å². The van der Waals surface area contributed by atoms with Gasteiger partial charge in [-0.2, -0.15) is 10.2 Å². The molecule has 2 saturated heterocycles. The Hall–Kier alpha value is -2.63. The molecule has 2 aromatic rings. The summed E-state index contributed by atoms with van der Waals surface area (Å²) in [5, 5.41) is 11.0. The van der Waals surface area contributed by atoms with E-state index in [1.165, 1.54) is 0 Å². The van der Waals surface area contributed by atoms with Crippen LogP contribution in [0.3, 0.4) is 0 Å². The maximum Gasteiger partial charge on any atom is 0.287 e. The fourth-order valence-corrected chi connectivity index (χ4v) is 3.66. The molecule has 1 spiro atoms. The number of rotatable bonds is 1. The second-order valence-corrected chi connectivity index (χ2v) is 7.16. The van der Waals surface area contributed by atoms with E-state index in [2.05, 4.69) is 39.0 Å². The topological polar surface area (TPSA) is 85.3 Å². The lowest BCUT2D eigenvalue weighted by molar-refractivity contribution is -0.228. The predicted octanol–water partition coefficient (Wildman–Crippen LogP) is 0.514. The van der Waals surface area contributed by atoms with Gasteiger partial charge in [0.05, 0.1) is 42.8 Å². The normalized spacial score (nSPS) is 20.9. The molecule has 2 aliphatic rings.